The van der Waals surface area contributed by atoms with Gasteiger partial charge in [-0.05, 0) is 18.4 Å². The van der Waals surface area contributed by atoms with Crippen molar-refractivity contribution < 1.29 is 19.0 Å². The first kappa shape index (κ1) is 11.9. The van der Waals surface area contributed by atoms with E-state index in [4.69, 9.17) is 9.47 Å². The molecule has 1 heterocycles. The average molecular weight is 236 g/mol. The largest absolute Gasteiger partial charge is 0.508 e. The third-order valence-corrected chi connectivity index (χ3v) is 2.58. The van der Waals surface area contributed by atoms with Gasteiger partial charge in [-0.2, -0.15) is 0 Å². The van der Waals surface area contributed by atoms with Crippen LogP contribution >= 0.6 is 0 Å². The van der Waals surface area contributed by atoms with E-state index >= 15 is 0 Å². The molecule has 0 radical (unpaired) electrons. The van der Waals surface area contributed by atoms with Gasteiger partial charge in [0.2, 0.25) is 0 Å². The first-order valence-corrected chi connectivity index (χ1v) is 5.79. The molecule has 1 atom stereocenters. The van der Waals surface area contributed by atoms with Gasteiger partial charge >= 0.3 is 6.16 Å². The summed E-state index contributed by atoms with van der Waals surface area (Å²) in [5.41, 5.74) is 1.17. The Hall–Kier alpha value is -1.55. The highest BCUT2D eigenvalue weighted by molar-refractivity contribution is 5.61. The summed E-state index contributed by atoms with van der Waals surface area (Å²) in [5.74, 6) is 0. The van der Waals surface area contributed by atoms with Gasteiger partial charge in [-0.3, -0.25) is 0 Å². The van der Waals surface area contributed by atoms with E-state index in [1.54, 1.807) is 0 Å². The standard InChI is InChI=1S/C13H16O4/c14-13-16-10-12(17-13)7-4-8-15-9-11-5-2-1-3-6-11/h1-3,5-6,12H,4,7-10H2. The van der Waals surface area contributed by atoms with E-state index in [-0.39, 0.29) is 6.10 Å². The topological polar surface area (TPSA) is 44.8 Å². The first-order valence-electron chi connectivity index (χ1n) is 5.79. The van der Waals surface area contributed by atoms with E-state index in [9.17, 15) is 4.79 Å². The number of carbonyl (C=O) groups is 1. The summed E-state index contributed by atoms with van der Waals surface area (Å²) < 4.78 is 15.1. The third kappa shape index (κ3) is 4.07. The highest BCUT2D eigenvalue weighted by Gasteiger charge is 2.23. The summed E-state index contributed by atoms with van der Waals surface area (Å²) >= 11 is 0. The van der Waals surface area contributed by atoms with Crippen LogP contribution in [0.3, 0.4) is 0 Å². The Bertz CT molecular complexity index is 350. The van der Waals surface area contributed by atoms with Gasteiger partial charge < -0.3 is 14.2 Å². The number of ether oxygens (including phenoxy) is 3. The van der Waals surface area contributed by atoms with Crippen LogP contribution in [0.5, 0.6) is 0 Å². The first-order chi connectivity index (χ1) is 8.34. The van der Waals surface area contributed by atoms with Crippen molar-refractivity contribution in [3.63, 3.8) is 0 Å². The summed E-state index contributed by atoms with van der Waals surface area (Å²) in [4.78, 5) is 10.7. The Balaban J connectivity index is 1.53. The highest BCUT2D eigenvalue weighted by Crippen LogP contribution is 2.12. The summed E-state index contributed by atoms with van der Waals surface area (Å²) in [7, 11) is 0. The molecule has 0 N–H and O–H groups in total. The van der Waals surface area contributed by atoms with E-state index < -0.39 is 6.16 Å². The van der Waals surface area contributed by atoms with Gasteiger partial charge in [0.05, 0.1) is 6.61 Å². The van der Waals surface area contributed by atoms with Crippen molar-refractivity contribution >= 4 is 6.16 Å². The maximum absolute atomic E-state index is 10.7. The fourth-order valence-electron chi connectivity index (χ4n) is 1.68. The minimum atomic E-state index is -0.555. The van der Waals surface area contributed by atoms with Crippen LogP contribution in [0.2, 0.25) is 0 Å². The summed E-state index contributed by atoms with van der Waals surface area (Å²) in [6.45, 7) is 1.67. The predicted molar refractivity (Wildman–Crippen MR) is 61.6 cm³/mol. The van der Waals surface area contributed by atoms with E-state index in [1.807, 2.05) is 30.3 Å². The molecule has 2 rings (SSSR count). The van der Waals surface area contributed by atoms with Gasteiger partial charge in [-0.15, -0.1) is 0 Å². The SMILES string of the molecule is O=C1OCC(CCCOCc2ccccc2)O1. The number of hydrogen-bond donors (Lipinski definition) is 0. The molecule has 92 valence electrons. The number of hydrogen-bond acceptors (Lipinski definition) is 4. The molecule has 0 bridgehead atoms. The number of carbonyl (C=O) groups excluding carboxylic acids is 1. The minimum Gasteiger partial charge on any atom is -0.430 e. The molecule has 1 aromatic rings. The average Bonchev–Trinajstić information content (AvgIpc) is 2.76. The van der Waals surface area contributed by atoms with Gasteiger partial charge in [-0.1, -0.05) is 30.3 Å². The molecule has 1 aliphatic heterocycles. The van der Waals surface area contributed by atoms with E-state index in [0.29, 0.717) is 19.8 Å². The second-order valence-electron chi connectivity index (χ2n) is 3.98. The fourth-order valence-corrected chi connectivity index (χ4v) is 1.68. The van der Waals surface area contributed by atoms with Crippen LogP contribution in [0.4, 0.5) is 4.79 Å². The molecule has 0 saturated carbocycles. The van der Waals surface area contributed by atoms with Crippen LogP contribution in [-0.4, -0.2) is 25.5 Å². The Morgan fingerprint density at radius 1 is 1.29 bits per heavy atom. The van der Waals surface area contributed by atoms with Crippen molar-refractivity contribution in [3.05, 3.63) is 35.9 Å². The molecule has 1 unspecified atom stereocenters. The van der Waals surface area contributed by atoms with Crippen LogP contribution in [0.1, 0.15) is 18.4 Å². The molecule has 1 aromatic carbocycles. The Kier molecular flexibility index (Phi) is 4.38. The van der Waals surface area contributed by atoms with Crippen LogP contribution in [0, 0.1) is 0 Å². The number of benzene rings is 1. The maximum Gasteiger partial charge on any atom is 0.508 e. The molecule has 4 heteroatoms. The molecule has 0 aliphatic carbocycles. The van der Waals surface area contributed by atoms with E-state index in [0.717, 1.165) is 12.8 Å². The lowest BCUT2D eigenvalue weighted by molar-refractivity contribution is 0.0950. The smallest absolute Gasteiger partial charge is 0.430 e. The van der Waals surface area contributed by atoms with Crippen LogP contribution < -0.4 is 0 Å². The normalized spacial score (nSPS) is 18.8. The summed E-state index contributed by atoms with van der Waals surface area (Å²) in [6.07, 6.45) is 1.01. The molecular weight excluding hydrogens is 220 g/mol. The molecule has 4 nitrogen and oxygen atoms in total. The van der Waals surface area contributed by atoms with Gasteiger partial charge in [0.25, 0.3) is 0 Å². The number of cyclic esters (lactones) is 2. The number of rotatable bonds is 6. The lowest BCUT2D eigenvalue weighted by Gasteiger charge is -2.07. The monoisotopic (exact) mass is 236 g/mol. The maximum atomic E-state index is 10.7. The van der Waals surface area contributed by atoms with Gasteiger partial charge in [0.15, 0.2) is 0 Å². The molecule has 1 fully saturated rings. The Morgan fingerprint density at radius 3 is 2.82 bits per heavy atom. The zero-order valence-corrected chi connectivity index (χ0v) is 9.63. The Morgan fingerprint density at radius 2 is 2.12 bits per heavy atom. The highest BCUT2D eigenvalue weighted by atomic mass is 16.8. The predicted octanol–water partition coefficient (Wildman–Crippen LogP) is 2.52. The van der Waals surface area contributed by atoms with Gasteiger partial charge in [0, 0.05) is 6.61 Å². The second-order valence-corrected chi connectivity index (χ2v) is 3.98. The Labute approximate surface area is 100 Å². The van der Waals surface area contributed by atoms with Gasteiger partial charge in [0.1, 0.15) is 12.7 Å². The van der Waals surface area contributed by atoms with Gasteiger partial charge in [-0.25, -0.2) is 4.79 Å². The zero-order chi connectivity index (χ0) is 11.9. The van der Waals surface area contributed by atoms with Crippen molar-refractivity contribution in [2.24, 2.45) is 0 Å². The zero-order valence-electron chi connectivity index (χ0n) is 9.63. The van der Waals surface area contributed by atoms with Crippen molar-refractivity contribution in [2.45, 2.75) is 25.6 Å². The molecule has 17 heavy (non-hydrogen) atoms. The van der Waals surface area contributed by atoms with Crippen LogP contribution in [0.25, 0.3) is 0 Å². The van der Waals surface area contributed by atoms with Crippen LogP contribution in [-0.2, 0) is 20.8 Å². The summed E-state index contributed by atoms with van der Waals surface area (Å²) in [5, 5.41) is 0. The van der Waals surface area contributed by atoms with Crippen molar-refractivity contribution in [1.82, 2.24) is 0 Å². The lowest BCUT2D eigenvalue weighted by atomic mass is 10.2. The van der Waals surface area contributed by atoms with Crippen molar-refractivity contribution in [1.29, 1.82) is 0 Å². The third-order valence-electron chi connectivity index (χ3n) is 2.58. The minimum absolute atomic E-state index is 0.0946. The van der Waals surface area contributed by atoms with E-state index in [1.165, 1.54) is 5.56 Å². The second kappa shape index (κ2) is 6.25. The van der Waals surface area contributed by atoms with Crippen molar-refractivity contribution in [2.75, 3.05) is 13.2 Å². The molecular formula is C13H16O4. The molecule has 0 amide bonds. The van der Waals surface area contributed by atoms with Crippen molar-refractivity contribution in [3.8, 4) is 0 Å². The lowest BCUT2D eigenvalue weighted by Crippen LogP contribution is -2.10. The fraction of sp³-hybridized carbons (Fsp3) is 0.462. The quantitative estimate of drug-likeness (QED) is 0.562. The molecule has 0 aromatic heterocycles. The molecule has 0 spiro atoms. The van der Waals surface area contributed by atoms with Crippen LogP contribution in [0.15, 0.2) is 30.3 Å². The van der Waals surface area contributed by atoms with E-state index in [2.05, 4.69) is 4.74 Å². The molecule has 1 aliphatic rings. The summed E-state index contributed by atoms with van der Waals surface area (Å²) in [6, 6.07) is 10.0. The molecule has 1 saturated heterocycles.